The average molecular weight is 284 g/mol. The Labute approximate surface area is 119 Å². The van der Waals surface area contributed by atoms with E-state index in [0.717, 1.165) is 11.1 Å². The highest BCUT2D eigenvalue weighted by atomic mass is 16.5. The van der Waals surface area contributed by atoms with Crippen LogP contribution >= 0.6 is 0 Å². The van der Waals surface area contributed by atoms with Crippen LogP contribution in [0.3, 0.4) is 0 Å². The van der Waals surface area contributed by atoms with Gasteiger partial charge in [0, 0.05) is 11.8 Å². The van der Waals surface area contributed by atoms with Crippen molar-refractivity contribution in [2.24, 2.45) is 0 Å². The van der Waals surface area contributed by atoms with Crippen molar-refractivity contribution >= 4 is 5.97 Å². The van der Waals surface area contributed by atoms with Crippen molar-refractivity contribution in [1.82, 2.24) is 19.9 Å². The van der Waals surface area contributed by atoms with Crippen molar-refractivity contribution in [3.8, 4) is 11.4 Å². The van der Waals surface area contributed by atoms with Crippen LogP contribution in [0.2, 0.25) is 0 Å². The number of hydrogen-bond donors (Lipinski definition) is 1. The molecule has 0 atom stereocenters. The Morgan fingerprint density at radius 3 is 3.00 bits per heavy atom. The van der Waals surface area contributed by atoms with Crippen molar-refractivity contribution in [3.05, 3.63) is 53.7 Å². The highest BCUT2D eigenvalue weighted by Crippen LogP contribution is 2.17. The zero-order valence-corrected chi connectivity index (χ0v) is 11.2. The molecule has 7 heteroatoms. The smallest absolute Gasteiger partial charge is 0.338 e. The van der Waals surface area contributed by atoms with E-state index in [-0.39, 0.29) is 12.1 Å². The first-order valence-corrected chi connectivity index (χ1v) is 6.27. The van der Waals surface area contributed by atoms with Gasteiger partial charge in [-0.05, 0) is 13.0 Å². The molecule has 0 saturated carbocycles. The molecule has 2 heterocycles. The molecule has 0 aliphatic rings. The Morgan fingerprint density at radius 2 is 2.29 bits per heavy atom. The van der Waals surface area contributed by atoms with E-state index >= 15 is 0 Å². The van der Waals surface area contributed by atoms with E-state index < -0.39 is 5.97 Å². The molecular weight excluding hydrogens is 272 g/mol. The molecule has 106 valence electrons. The van der Waals surface area contributed by atoms with Crippen LogP contribution in [0.15, 0.2) is 41.2 Å². The minimum atomic E-state index is -1.02. The first-order valence-electron chi connectivity index (χ1n) is 6.27. The number of hydrogen-bond acceptors (Lipinski definition) is 5. The molecule has 0 spiro atoms. The fraction of sp³-hybridized carbons (Fsp3) is 0.143. The van der Waals surface area contributed by atoms with E-state index in [1.807, 2.05) is 31.2 Å². The summed E-state index contributed by atoms with van der Waals surface area (Å²) >= 11 is 0. The fourth-order valence-corrected chi connectivity index (χ4v) is 1.92. The van der Waals surface area contributed by atoms with Gasteiger partial charge in [-0.2, -0.15) is 10.1 Å². The van der Waals surface area contributed by atoms with E-state index in [4.69, 9.17) is 9.63 Å². The van der Waals surface area contributed by atoms with E-state index in [9.17, 15) is 4.79 Å². The quantitative estimate of drug-likeness (QED) is 0.787. The number of carbonyl (C=O) groups is 1. The summed E-state index contributed by atoms with van der Waals surface area (Å²) in [4.78, 5) is 15.1. The van der Waals surface area contributed by atoms with Crippen molar-refractivity contribution in [1.29, 1.82) is 0 Å². The van der Waals surface area contributed by atoms with Gasteiger partial charge in [0.1, 0.15) is 6.54 Å². The third-order valence-electron chi connectivity index (χ3n) is 2.92. The Hall–Kier alpha value is -2.96. The lowest BCUT2D eigenvalue weighted by Gasteiger charge is -1.95. The SMILES string of the molecule is Cc1cccc(-c2noc(Cn3cc(C(=O)O)cn3)n2)c1. The van der Waals surface area contributed by atoms with Gasteiger partial charge in [0.25, 0.3) is 0 Å². The number of aryl methyl sites for hydroxylation is 1. The minimum absolute atomic E-state index is 0.119. The van der Waals surface area contributed by atoms with Crippen LogP contribution in [0.5, 0.6) is 0 Å². The molecule has 0 aliphatic carbocycles. The molecule has 2 aromatic heterocycles. The summed E-state index contributed by atoms with van der Waals surface area (Å²) in [6.45, 7) is 2.22. The number of carboxylic acid groups (broad SMARTS) is 1. The second kappa shape index (κ2) is 5.20. The van der Waals surface area contributed by atoms with Crippen LogP contribution in [-0.2, 0) is 6.54 Å². The molecule has 0 saturated heterocycles. The van der Waals surface area contributed by atoms with Crippen LogP contribution in [0.1, 0.15) is 21.8 Å². The normalized spacial score (nSPS) is 10.7. The van der Waals surface area contributed by atoms with Gasteiger partial charge in [-0.1, -0.05) is 28.9 Å². The molecule has 1 aromatic carbocycles. The summed E-state index contributed by atoms with van der Waals surface area (Å²) in [5.41, 5.74) is 2.10. The zero-order chi connectivity index (χ0) is 14.8. The van der Waals surface area contributed by atoms with Gasteiger partial charge < -0.3 is 9.63 Å². The molecule has 1 N–H and O–H groups in total. The van der Waals surface area contributed by atoms with Gasteiger partial charge in [-0.3, -0.25) is 4.68 Å². The van der Waals surface area contributed by atoms with Crippen molar-refractivity contribution in [3.63, 3.8) is 0 Å². The molecule has 3 rings (SSSR count). The summed E-state index contributed by atoms with van der Waals surface area (Å²) in [7, 11) is 0. The van der Waals surface area contributed by atoms with Gasteiger partial charge in [0.05, 0.1) is 11.8 Å². The third kappa shape index (κ3) is 2.81. The predicted octanol–water partition coefficient (Wildman–Crippen LogP) is 1.99. The number of aromatic nitrogens is 4. The zero-order valence-electron chi connectivity index (χ0n) is 11.2. The fourth-order valence-electron chi connectivity index (χ4n) is 1.92. The van der Waals surface area contributed by atoms with Crippen LogP contribution in [0.4, 0.5) is 0 Å². The van der Waals surface area contributed by atoms with E-state index in [1.165, 1.54) is 17.1 Å². The summed E-state index contributed by atoms with van der Waals surface area (Å²) in [5.74, 6) is -0.155. The van der Waals surface area contributed by atoms with Crippen LogP contribution in [0.25, 0.3) is 11.4 Å². The average Bonchev–Trinajstić information content (AvgIpc) is 3.08. The van der Waals surface area contributed by atoms with Gasteiger partial charge in [-0.15, -0.1) is 0 Å². The van der Waals surface area contributed by atoms with Gasteiger partial charge >= 0.3 is 5.97 Å². The van der Waals surface area contributed by atoms with Gasteiger partial charge in [-0.25, -0.2) is 4.79 Å². The van der Waals surface area contributed by atoms with E-state index in [2.05, 4.69) is 15.2 Å². The number of nitrogens with zero attached hydrogens (tertiary/aromatic N) is 4. The second-order valence-electron chi connectivity index (χ2n) is 4.61. The molecule has 0 radical (unpaired) electrons. The lowest BCUT2D eigenvalue weighted by molar-refractivity contribution is 0.0696. The maximum Gasteiger partial charge on any atom is 0.338 e. The second-order valence-corrected chi connectivity index (χ2v) is 4.61. The Kier molecular flexibility index (Phi) is 3.23. The van der Waals surface area contributed by atoms with Crippen molar-refractivity contribution in [2.75, 3.05) is 0 Å². The number of benzene rings is 1. The Morgan fingerprint density at radius 1 is 1.43 bits per heavy atom. The predicted molar refractivity (Wildman–Crippen MR) is 72.8 cm³/mol. The van der Waals surface area contributed by atoms with Gasteiger partial charge in [0.2, 0.25) is 11.7 Å². The lowest BCUT2D eigenvalue weighted by Crippen LogP contribution is -2.00. The largest absolute Gasteiger partial charge is 0.478 e. The van der Waals surface area contributed by atoms with Crippen LogP contribution in [0, 0.1) is 6.92 Å². The molecule has 21 heavy (non-hydrogen) atoms. The number of aromatic carboxylic acids is 1. The molecule has 0 fully saturated rings. The Balaban J connectivity index is 1.80. The minimum Gasteiger partial charge on any atom is -0.478 e. The summed E-state index contributed by atoms with van der Waals surface area (Å²) in [6, 6.07) is 7.78. The topological polar surface area (TPSA) is 94.0 Å². The maximum absolute atomic E-state index is 10.8. The summed E-state index contributed by atoms with van der Waals surface area (Å²) < 4.78 is 6.60. The molecule has 3 aromatic rings. The molecule has 0 bridgehead atoms. The summed E-state index contributed by atoms with van der Waals surface area (Å²) in [6.07, 6.45) is 2.69. The monoisotopic (exact) mass is 284 g/mol. The van der Waals surface area contributed by atoms with Crippen molar-refractivity contribution < 1.29 is 14.4 Å². The third-order valence-corrected chi connectivity index (χ3v) is 2.92. The first kappa shape index (κ1) is 13.0. The Bertz CT molecular complexity index is 791. The number of carboxylic acids is 1. The summed E-state index contributed by atoms with van der Waals surface area (Å²) in [5, 5.41) is 16.7. The molecular formula is C14H12N4O3. The first-order chi connectivity index (χ1) is 10.1. The highest BCUT2D eigenvalue weighted by Gasteiger charge is 2.11. The van der Waals surface area contributed by atoms with Gasteiger partial charge in [0.15, 0.2) is 0 Å². The highest BCUT2D eigenvalue weighted by molar-refractivity contribution is 5.86. The standard InChI is InChI=1S/C14H12N4O3/c1-9-3-2-4-10(5-9)13-16-12(21-17-13)8-18-7-11(6-15-18)14(19)20/h2-7H,8H2,1H3,(H,19,20). The lowest BCUT2D eigenvalue weighted by atomic mass is 10.1. The molecule has 7 nitrogen and oxygen atoms in total. The molecule has 0 aliphatic heterocycles. The van der Waals surface area contributed by atoms with Crippen LogP contribution in [-0.4, -0.2) is 31.0 Å². The van der Waals surface area contributed by atoms with Crippen molar-refractivity contribution in [2.45, 2.75) is 13.5 Å². The van der Waals surface area contributed by atoms with E-state index in [0.29, 0.717) is 11.7 Å². The maximum atomic E-state index is 10.8. The molecule has 0 unspecified atom stereocenters. The van der Waals surface area contributed by atoms with Crippen LogP contribution < -0.4 is 0 Å². The van der Waals surface area contributed by atoms with E-state index in [1.54, 1.807) is 0 Å². The number of rotatable bonds is 4. The molecule has 0 amide bonds.